The van der Waals surface area contributed by atoms with Crippen LogP contribution in [0.1, 0.15) is 22.3 Å². The quantitative estimate of drug-likeness (QED) is 0.159. The zero-order chi connectivity index (χ0) is 42.2. The third-order valence-corrected chi connectivity index (χ3v) is 13.5. The highest BCUT2D eigenvalue weighted by Crippen LogP contribution is 2.66. The summed E-state index contributed by atoms with van der Waals surface area (Å²) in [4.78, 5) is 4.89. The van der Waals surface area contributed by atoms with Gasteiger partial charge in [0.15, 0.2) is 0 Å². The van der Waals surface area contributed by atoms with Crippen molar-refractivity contribution >= 4 is 55.9 Å². The van der Waals surface area contributed by atoms with Crippen molar-refractivity contribution in [3.05, 3.63) is 271 Å². The Labute approximate surface area is 373 Å². The lowest BCUT2D eigenvalue weighted by Crippen LogP contribution is -2.28. The summed E-state index contributed by atoms with van der Waals surface area (Å²) in [7, 11) is 0. The number of anilines is 6. The van der Waals surface area contributed by atoms with Crippen LogP contribution in [0.2, 0.25) is 0 Å². The number of nitrogens with zero attached hydrogens (tertiary/aromatic N) is 3. The van der Waals surface area contributed by atoms with E-state index in [0.29, 0.717) is 0 Å². The fraction of sp³-hybridized carbons (Fsp3) is 0.0164. The van der Waals surface area contributed by atoms with E-state index in [1.165, 1.54) is 66.3 Å². The Morgan fingerprint density at radius 3 is 1.45 bits per heavy atom. The molecule has 0 radical (unpaired) electrons. The zero-order valence-electron chi connectivity index (χ0n) is 35.0. The van der Waals surface area contributed by atoms with Crippen molar-refractivity contribution in [3.63, 3.8) is 0 Å². The maximum absolute atomic E-state index is 2.50. The van der Waals surface area contributed by atoms with E-state index < -0.39 is 5.41 Å². The highest BCUT2D eigenvalue weighted by Gasteiger charge is 2.53. The molecule has 0 saturated carbocycles. The first kappa shape index (κ1) is 36.3. The van der Waals surface area contributed by atoms with Gasteiger partial charge in [-0.3, -0.25) is 0 Å². The summed E-state index contributed by atoms with van der Waals surface area (Å²) in [6, 6.07) is 91.3. The summed E-state index contributed by atoms with van der Waals surface area (Å²) in [6.45, 7) is 0. The van der Waals surface area contributed by atoms with Gasteiger partial charge in [-0.05, 0) is 124 Å². The minimum absolute atomic E-state index is 0.625. The fourth-order valence-electron chi connectivity index (χ4n) is 11.0. The van der Waals surface area contributed by atoms with Crippen LogP contribution in [-0.4, -0.2) is 4.57 Å². The number of fused-ring (bicyclic) bond motifs is 13. The van der Waals surface area contributed by atoms with Gasteiger partial charge in [0, 0.05) is 50.5 Å². The Hall–Kier alpha value is -8.40. The van der Waals surface area contributed by atoms with Crippen LogP contribution in [0, 0.1) is 0 Å². The predicted octanol–water partition coefficient (Wildman–Crippen LogP) is 16.1. The molecule has 13 rings (SSSR count). The fourth-order valence-corrected chi connectivity index (χ4v) is 11.0. The first-order chi connectivity index (χ1) is 31.8. The lowest BCUT2D eigenvalue weighted by Gasteiger charge is -2.36. The molecule has 1 unspecified atom stereocenters. The average molecular weight is 816 g/mol. The average Bonchev–Trinajstić information content (AvgIpc) is 3.97. The van der Waals surface area contributed by atoms with Gasteiger partial charge in [0.05, 0.1) is 22.1 Å². The molecule has 2 aliphatic carbocycles. The number of benzene rings is 10. The van der Waals surface area contributed by atoms with Crippen LogP contribution < -0.4 is 9.80 Å². The molecule has 3 nitrogen and oxygen atoms in total. The number of hydrogen-bond acceptors (Lipinski definition) is 2. The van der Waals surface area contributed by atoms with Gasteiger partial charge in [-0.25, -0.2) is 0 Å². The van der Waals surface area contributed by atoms with Crippen LogP contribution in [0.15, 0.2) is 249 Å². The molecule has 10 aromatic carbocycles. The summed E-state index contributed by atoms with van der Waals surface area (Å²) in [5.74, 6) is 0. The van der Waals surface area contributed by atoms with Gasteiger partial charge in [0.2, 0.25) is 0 Å². The smallest absolute Gasteiger partial charge is 0.0746 e. The van der Waals surface area contributed by atoms with Crippen molar-refractivity contribution in [1.82, 2.24) is 4.57 Å². The first-order valence-electron chi connectivity index (χ1n) is 22.1. The van der Waals surface area contributed by atoms with E-state index in [2.05, 4.69) is 263 Å². The Kier molecular flexibility index (Phi) is 8.13. The van der Waals surface area contributed by atoms with Crippen molar-refractivity contribution in [3.8, 4) is 27.9 Å². The van der Waals surface area contributed by atoms with E-state index in [-0.39, 0.29) is 0 Å². The van der Waals surface area contributed by atoms with E-state index in [4.69, 9.17) is 0 Å². The van der Waals surface area contributed by atoms with E-state index in [9.17, 15) is 0 Å². The summed E-state index contributed by atoms with van der Waals surface area (Å²) < 4.78 is 2.42. The molecular formula is C61H41N3. The third kappa shape index (κ3) is 5.22. The molecule has 2 aliphatic rings. The monoisotopic (exact) mass is 815 g/mol. The maximum Gasteiger partial charge on any atom is 0.0746 e. The molecule has 1 heterocycles. The molecule has 0 amide bonds. The van der Waals surface area contributed by atoms with E-state index in [1.54, 1.807) is 0 Å². The second-order valence-electron chi connectivity index (χ2n) is 16.8. The Morgan fingerprint density at radius 1 is 0.297 bits per heavy atom. The lowest BCUT2D eigenvalue weighted by atomic mass is 9.69. The molecule has 1 aromatic heterocycles. The molecule has 1 atom stereocenters. The highest BCUT2D eigenvalue weighted by molar-refractivity contribution is 6.11. The van der Waals surface area contributed by atoms with E-state index in [1.807, 2.05) is 0 Å². The molecule has 0 aliphatic heterocycles. The molecule has 0 saturated heterocycles. The SMILES string of the molecule is c1ccc(N(c2ccccc2)c2ccc3c(c2)C2(c4ccccc4-3)c3ccccc3-c3cccc(N(c4ccccc4)c4ccc5c6ccccc6n(-c6ccccc6)c5c4)c32)cc1. The first-order valence-corrected chi connectivity index (χ1v) is 22.1. The maximum atomic E-state index is 2.50. The topological polar surface area (TPSA) is 11.4 Å². The van der Waals surface area contributed by atoms with Gasteiger partial charge in [-0.1, -0.05) is 164 Å². The lowest BCUT2D eigenvalue weighted by molar-refractivity contribution is 0.793. The Balaban J connectivity index is 1.11. The van der Waals surface area contributed by atoms with Gasteiger partial charge >= 0.3 is 0 Å². The number of para-hydroxylation sites is 5. The number of hydrogen-bond donors (Lipinski definition) is 0. The van der Waals surface area contributed by atoms with Gasteiger partial charge in [0.25, 0.3) is 0 Å². The summed E-state index contributed by atoms with van der Waals surface area (Å²) in [5, 5.41) is 2.47. The second-order valence-corrected chi connectivity index (χ2v) is 16.8. The van der Waals surface area contributed by atoms with Crippen LogP contribution >= 0.6 is 0 Å². The molecule has 11 aromatic rings. The minimum atomic E-state index is -0.625. The van der Waals surface area contributed by atoms with E-state index >= 15 is 0 Å². The van der Waals surface area contributed by atoms with Crippen molar-refractivity contribution in [2.45, 2.75) is 5.41 Å². The molecule has 1 spiro atoms. The third-order valence-electron chi connectivity index (χ3n) is 13.5. The standard InChI is InChI=1S/C61H41N3/c1-5-20-42(21-6-1)62(43-22-7-2-8-23-43)46-36-38-50-48-28-13-16-32-54(48)61(56(50)40-46)55-33-17-14-29-49(55)53-31-19-35-58(60(53)61)63(44-24-9-3-10-25-44)47-37-39-52-51-30-15-18-34-57(51)64(59(52)41-47)45-26-11-4-12-27-45/h1-41H. The minimum Gasteiger partial charge on any atom is -0.310 e. The van der Waals surface area contributed by atoms with Crippen molar-refractivity contribution in [1.29, 1.82) is 0 Å². The molecule has 300 valence electrons. The van der Waals surface area contributed by atoms with Crippen LogP contribution in [-0.2, 0) is 5.41 Å². The largest absolute Gasteiger partial charge is 0.310 e. The normalized spacial score (nSPS) is 14.3. The molecular weight excluding hydrogens is 775 g/mol. The van der Waals surface area contributed by atoms with Crippen LogP contribution in [0.4, 0.5) is 34.1 Å². The zero-order valence-corrected chi connectivity index (χ0v) is 35.0. The molecule has 0 N–H and O–H groups in total. The molecule has 64 heavy (non-hydrogen) atoms. The van der Waals surface area contributed by atoms with Crippen LogP contribution in [0.5, 0.6) is 0 Å². The molecule has 0 fully saturated rings. The summed E-state index contributed by atoms with van der Waals surface area (Å²) in [5.41, 5.74) is 19.8. The predicted molar refractivity (Wildman–Crippen MR) is 266 cm³/mol. The Bertz CT molecular complexity index is 3510. The van der Waals surface area contributed by atoms with Crippen LogP contribution in [0.25, 0.3) is 49.7 Å². The summed E-state index contributed by atoms with van der Waals surface area (Å²) >= 11 is 0. The highest BCUT2D eigenvalue weighted by atomic mass is 15.2. The van der Waals surface area contributed by atoms with Gasteiger partial charge in [-0.2, -0.15) is 0 Å². The van der Waals surface area contributed by atoms with E-state index in [0.717, 1.165) is 39.8 Å². The number of rotatable bonds is 7. The van der Waals surface area contributed by atoms with Crippen LogP contribution in [0.3, 0.4) is 0 Å². The van der Waals surface area contributed by atoms with Gasteiger partial charge < -0.3 is 14.4 Å². The summed E-state index contributed by atoms with van der Waals surface area (Å²) in [6.07, 6.45) is 0. The van der Waals surface area contributed by atoms with Gasteiger partial charge in [-0.15, -0.1) is 0 Å². The van der Waals surface area contributed by atoms with Crippen molar-refractivity contribution < 1.29 is 0 Å². The second kappa shape index (κ2) is 14.3. The number of aromatic nitrogens is 1. The Morgan fingerprint density at radius 2 is 0.781 bits per heavy atom. The van der Waals surface area contributed by atoms with Crippen molar-refractivity contribution in [2.75, 3.05) is 9.80 Å². The van der Waals surface area contributed by atoms with Gasteiger partial charge in [0.1, 0.15) is 0 Å². The molecule has 0 bridgehead atoms. The van der Waals surface area contributed by atoms with Crippen molar-refractivity contribution in [2.24, 2.45) is 0 Å². The molecule has 3 heteroatoms.